The van der Waals surface area contributed by atoms with Crippen LogP contribution in [0.1, 0.15) is 48.0 Å². The highest BCUT2D eigenvalue weighted by molar-refractivity contribution is 5.76. The van der Waals surface area contributed by atoms with E-state index in [4.69, 9.17) is 0 Å². The summed E-state index contributed by atoms with van der Waals surface area (Å²) in [5, 5.41) is 6.25. The minimum atomic E-state index is 0.0723. The zero-order valence-corrected chi connectivity index (χ0v) is 11.7. The molecule has 1 amide bonds. The molecule has 16 heavy (non-hydrogen) atoms. The molecular formula is C13H28N2O. The van der Waals surface area contributed by atoms with Crippen molar-refractivity contribution in [3.8, 4) is 0 Å². The fraction of sp³-hybridized carbons (Fsp3) is 0.923. The lowest BCUT2D eigenvalue weighted by Gasteiger charge is -2.19. The molecule has 0 aliphatic rings. The third-order valence-electron chi connectivity index (χ3n) is 1.97. The van der Waals surface area contributed by atoms with Gasteiger partial charge >= 0.3 is 0 Å². The second kappa shape index (κ2) is 6.24. The molecule has 0 radical (unpaired) electrons. The highest BCUT2D eigenvalue weighted by Crippen LogP contribution is 2.17. The first-order valence-corrected chi connectivity index (χ1v) is 6.08. The van der Waals surface area contributed by atoms with E-state index in [0.29, 0.717) is 18.4 Å². The Kier molecular flexibility index (Phi) is 6.01. The molecule has 0 saturated heterocycles. The minimum Gasteiger partial charge on any atom is -0.355 e. The largest absolute Gasteiger partial charge is 0.355 e. The van der Waals surface area contributed by atoms with E-state index >= 15 is 0 Å². The van der Waals surface area contributed by atoms with Crippen LogP contribution in [0.25, 0.3) is 0 Å². The molecular weight excluding hydrogens is 200 g/mol. The molecule has 0 aliphatic carbocycles. The monoisotopic (exact) mass is 228 g/mol. The van der Waals surface area contributed by atoms with E-state index in [-0.39, 0.29) is 11.3 Å². The Hall–Kier alpha value is -0.570. The van der Waals surface area contributed by atoms with E-state index < -0.39 is 0 Å². The Bertz CT molecular complexity index is 211. The molecule has 0 fully saturated rings. The van der Waals surface area contributed by atoms with E-state index in [2.05, 4.69) is 52.2 Å². The number of hydrogen-bond acceptors (Lipinski definition) is 2. The molecule has 0 aliphatic heterocycles. The van der Waals surface area contributed by atoms with E-state index in [9.17, 15) is 4.79 Å². The lowest BCUT2D eigenvalue weighted by atomic mass is 9.92. The van der Waals surface area contributed by atoms with Crippen LogP contribution >= 0.6 is 0 Å². The fourth-order valence-electron chi connectivity index (χ4n) is 1.30. The molecule has 0 atom stereocenters. The fourth-order valence-corrected chi connectivity index (χ4v) is 1.30. The molecule has 0 aromatic rings. The van der Waals surface area contributed by atoms with Crippen molar-refractivity contribution in [3.05, 3.63) is 0 Å². The SMILES string of the molecule is CC(C)(C)CNCCNC(=O)CC(C)(C)C. The van der Waals surface area contributed by atoms with Crippen LogP contribution in [0.5, 0.6) is 0 Å². The van der Waals surface area contributed by atoms with Crippen molar-refractivity contribution < 1.29 is 4.79 Å². The van der Waals surface area contributed by atoms with Crippen molar-refractivity contribution >= 4 is 5.91 Å². The number of rotatable bonds is 5. The molecule has 96 valence electrons. The smallest absolute Gasteiger partial charge is 0.220 e. The maximum atomic E-state index is 11.5. The van der Waals surface area contributed by atoms with Crippen molar-refractivity contribution in [1.82, 2.24) is 10.6 Å². The third kappa shape index (κ3) is 11.5. The summed E-state index contributed by atoms with van der Waals surface area (Å²) < 4.78 is 0. The van der Waals surface area contributed by atoms with Crippen molar-refractivity contribution in [3.63, 3.8) is 0 Å². The maximum Gasteiger partial charge on any atom is 0.220 e. The number of amides is 1. The second-order valence-corrected chi connectivity index (χ2v) is 6.82. The van der Waals surface area contributed by atoms with Crippen LogP contribution < -0.4 is 10.6 Å². The predicted molar refractivity (Wildman–Crippen MR) is 69.4 cm³/mol. The van der Waals surface area contributed by atoms with Gasteiger partial charge < -0.3 is 10.6 Å². The summed E-state index contributed by atoms with van der Waals surface area (Å²) >= 11 is 0. The van der Waals surface area contributed by atoms with Crippen molar-refractivity contribution in [2.45, 2.75) is 48.0 Å². The summed E-state index contributed by atoms with van der Waals surface area (Å²) in [7, 11) is 0. The van der Waals surface area contributed by atoms with Gasteiger partial charge in [-0.25, -0.2) is 0 Å². The molecule has 0 unspecified atom stereocenters. The van der Waals surface area contributed by atoms with Crippen molar-refractivity contribution in [1.29, 1.82) is 0 Å². The summed E-state index contributed by atoms with van der Waals surface area (Å²) in [6.07, 6.45) is 0.590. The Labute approximate surface area is 100 Å². The Morgan fingerprint density at radius 2 is 1.50 bits per heavy atom. The van der Waals surface area contributed by atoms with Gasteiger partial charge in [0.15, 0.2) is 0 Å². The lowest BCUT2D eigenvalue weighted by Crippen LogP contribution is -2.36. The first-order valence-electron chi connectivity index (χ1n) is 6.08. The molecule has 0 aromatic carbocycles. The van der Waals surface area contributed by atoms with Gasteiger partial charge in [-0.3, -0.25) is 4.79 Å². The topological polar surface area (TPSA) is 41.1 Å². The van der Waals surface area contributed by atoms with Crippen LogP contribution in [0.4, 0.5) is 0 Å². The number of carbonyl (C=O) groups excluding carboxylic acids is 1. The lowest BCUT2D eigenvalue weighted by molar-refractivity contribution is -0.122. The van der Waals surface area contributed by atoms with Crippen molar-refractivity contribution in [2.24, 2.45) is 10.8 Å². The molecule has 0 bridgehead atoms. The van der Waals surface area contributed by atoms with Crippen LogP contribution in [-0.4, -0.2) is 25.5 Å². The average Bonchev–Trinajstić information content (AvgIpc) is 1.97. The molecule has 3 heteroatoms. The van der Waals surface area contributed by atoms with Crippen LogP contribution in [0.3, 0.4) is 0 Å². The van der Waals surface area contributed by atoms with Crippen LogP contribution in [0.2, 0.25) is 0 Å². The summed E-state index contributed by atoms with van der Waals surface area (Å²) in [5.74, 6) is 0.144. The Balaban J connectivity index is 3.50. The van der Waals surface area contributed by atoms with Crippen LogP contribution in [0, 0.1) is 10.8 Å². The average molecular weight is 228 g/mol. The van der Waals surface area contributed by atoms with Crippen LogP contribution in [0.15, 0.2) is 0 Å². The molecule has 0 heterocycles. The first-order chi connectivity index (χ1) is 7.10. The number of hydrogen-bond donors (Lipinski definition) is 2. The molecule has 0 aromatic heterocycles. The number of nitrogens with one attached hydrogen (secondary N) is 2. The van der Waals surface area contributed by atoms with Gasteiger partial charge in [-0.05, 0) is 10.8 Å². The van der Waals surface area contributed by atoms with Gasteiger partial charge in [0.2, 0.25) is 5.91 Å². The molecule has 0 spiro atoms. The molecule has 0 saturated carbocycles. The molecule has 3 nitrogen and oxygen atoms in total. The first kappa shape index (κ1) is 15.4. The van der Waals surface area contributed by atoms with Gasteiger partial charge in [-0.1, -0.05) is 41.5 Å². The Morgan fingerprint density at radius 1 is 0.938 bits per heavy atom. The van der Waals surface area contributed by atoms with Gasteiger partial charge in [0, 0.05) is 26.1 Å². The normalized spacial score (nSPS) is 12.6. The quantitative estimate of drug-likeness (QED) is 0.708. The van der Waals surface area contributed by atoms with E-state index in [0.717, 1.165) is 13.1 Å². The summed E-state index contributed by atoms with van der Waals surface area (Å²) in [6.45, 7) is 15.3. The van der Waals surface area contributed by atoms with Gasteiger partial charge in [-0.15, -0.1) is 0 Å². The highest BCUT2D eigenvalue weighted by Gasteiger charge is 2.15. The minimum absolute atomic E-state index is 0.0723. The second-order valence-electron chi connectivity index (χ2n) is 6.82. The van der Waals surface area contributed by atoms with Gasteiger partial charge in [0.1, 0.15) is 0 Å². The zero-order chi connectivity index (χ0) is 12.8. The third-order valence-corrected chi connectivity index (χ3v) is 1.97. The maximum absolute atomic E-state index is 11.5. The van der Waals surface area contributed by atoms with Gasteiger partial charge in [-0.2, -0.15) is 0 Å². The number of carbonyl (C=O) groups is 1. The van der Waals surface area contributed by atoms with Gasteiger partial charge in [0.05, 0.1) is 0 Å². The zero-order valence-electron chi connectivity index (χ0n) is 11.7. The van der Waals surface area contributed by atoms with E-state index in [1.807, 2.05) is 0 Å². The van der Waals surface area contributed by atoms with Gasteiger partial charge in [0.25, 0.3) is 0 Å². The standard InChI is InChI=1S/C13H28N2O/c1-12(2,3)9-11(16)15-8-7-14-10-13(4,5)6/h14H,7-10H2,1-6H3,(H,15,16). The molecule has 0 rings (SSSR count). The Morgan fingerprint density at radius 3 is 1.94 bits per heavy atom. The predicted octanol–water partition coefficient (Wildman–Crippen LogP) is 2.17. The summed E-state index contributed by atoms with van der Waals surface area (Å²) in [6, 6.07) is 0. The van der Waals surface area contributed by atoms with E-state index in [1.54, 1.807) is 0 Å². The van der Waals surface area contributed by atoms with E-state index in [1.165, 1.54) is 0 Å². The molecule has 2 N–H and O–H groups in total. The van der Waals surface area contributed by atoms with Crippen LogP contribution in [-0.2, 0) is 4.79 Å². The summed E-state index contributed by atoms with van der Waals surface area (Å²) in [4.78, 5) is 11.5. The van der Waals surface area contributed by atoms with Crippen molar-refractivity contribution in [2.75, 3.05) is 19.6 Å². The highest BCUT2D eigenvalue weighted by atomic mass is 16.1. The summed E-state index contributed by atoms with van der Waals surface area (Å²) in [5.41, 5.74) is 0.373.